The van der Waals surface area contributed by atoms with Gasteiger partial charge in [0.15, 0.2) is 6.54 Å². The van der Waals surface area contributed by atoms with E-state index in [2.05, 4.69) is 5.32 Å². The molecular weight excluding hydrogens is 362 g/mol. The van der Waals surface area contributed by atoms with Crippen LogP contribution in [-0.4, -0.2) is 18.5 Å². The molecule has 1 unspecified atom stereocenters. The van der Waals surface area contributed by atoms with Crippen LogP contribution in [0.2, 0.25) is 10.0 Å². The van der Waals surface area contributed by atoms with Gasteiger partial charge in [-0.1, -0.05) is 47.5 Å². The standard InChI is InChI=1S/C19H19Cl2FN2O/c20-15-6-5-13(17(21)9-15)10-23-19(25)12-24(16-7-8-16)11-14-3-1-2-4-18(14)22/h1-6,9,16H,7-8,10-12H2,(H,23,25)/p+1. The summed E-state index contributed by atoms with van der Waals surface area (Å²) >= 11 is 12.0. The van der Waals surface area contributed by atoms with Gasteiger partial charge in [0.1, 0.15) is 12.4 Å². The van der Waals surface area contributed by atoms with Crippen LogP contribution in [0.5, 0.6) is 0 Å². The van der Waals surface area contributed by atoms with Crippen molar-refractivity contribution < 1.29 is 14.1 Å². The fourth-order valence-electron chi connectivity index (χ4n) is 2.86. The highest BCUT2D eigenvalue weighted by atomic mass is 35.5. The Hall–Kier alpha value is -1.62. The van der Waals surface area contributed by atoms with Gasteiger partial charge in [-0.05, 0) is 23.8 Å². The van der Waals surface area contributed by atoms with Gasteiger partial charge < -0.3 is 10.2 Å². The number of nitrogens with one attached hydrogen (secondary N) is 2. The normalized spacial score (nSPS) is 15.0. The maximum Gasteiger partial charge on any atom is 0.275 e. The average molecular weight is 382 g/mol. The lowest BCUT2D eigenvalue weighted by Gasteiger charge is -2.19. The zero-order valence-corrected chi connectivity index (χ0v) is 15.2. The molecule has 2 aromatic carbocycles. The van der Waals surface area contributed by atoms with Crippen molar-refractivity contribution in [2.45, 2.75) is 32.0 Å². The van der Waals surface area contributed by atoms with Crippen molar-refractivity contribution in [3.05, 3.63) is 69.5 Å². The fourth-order valence-corrected chi connectivity index (χ4v) is 3.33. The number of carbonyl (C=O) groups is 1. The van der Waals surface area contributed by atoms with Crippen molar-refractivity contribution in [3.63, 3.8) is 0 Å². The molecule has 0 saturated heterocycles. The van der Waals surface area contributed by atoms with Crippen molar-refractivity contribution in [2.75, 3.05) is 6.54 Å². The molecule has 0 spiro atoms. The first-order valence-electron chi connectivity index (χ1n) is 8.31. The van der Waals surface area contributed by atoms with Crippen LogP contribution in [0.25, 0.3) is 0 Å². The van der Waals surface area contributed by atoms with Gasteiger partial charge in [0.25, 0.3) is 5.91 Å². The van der Waals surface area contributed by atoms with Gasteiger partial charge >= 0.3 is 0 Å². The van der Waals surface area contributed by atoms with E-state index < -0.39 is 0 Å². The SMILES string of the molecule is O=C(C[NH+](Cc1ccccc1F)C1CC1)NCc1ccc(Cl)cc1Cl. The quantitative estimate of drug-likeness (QED) is 0.759. The number of hydrogen-bond donors (Lipinski definition) is 2. The molecule has 1 atom stereocenters. The van der Waals surface area contributed by atoms with Crippen molar-refractivity contribution in [3.8, 4) is 0 Å². The van der Waals surface area contributed by atoms with Crippen LogP contribution in [0.4, 0.5) is 4.39 Å². The summed E-state index contributed by atoms with van der Waals surface area (Å²) < 4.78 is 13.9. The zero-order valence-electron chi connectivity index (χ0n) is 13.7. The van der Waals surface area contributed by atoms with Crippen LogP contribution < -0.4 is 10.2 Å². The first-order valence-corrected chi connectivity index (χ1v) is 9.07. The number of rotatable bonds is 7. The Morgan fingerprint density at radius 2 is 1.92 bits per heavy atom. The monoisotopic (exact) mass is 381 g/mol. The lowest BCUT2D eigenvalue weighted by atomic mass is 10.2. The molecular formula is C19H20Cl2FN2O+. The molecule has 1 aliphatic carbocycles. The van der Waals surface area contributed by atoms with Crippen LogP contribution in [0.15, 0.2) is 42.5 Å². The zero-order chi connectivity index (χ0) is 17.8. The van der Waals surface area contributed by atoms with Gasteiger partial charge in [-0.15, -0.1) is 0 Å². The second-order valence-corrected chi connectivity index (χ2v) is 7.23. The summed E-state index contributed by atoms with van der Waals surface area (Å²) in [5.41, 5.74) is 1.47. The molecule has 1 fully saturated rings. The highest BCUT2D eigenvalue weighted by Gasteiger charge is 2.35. The molecule has 25 heavy (non-hydrogen) atoms. The molecule has 0 heterocycles. The third-order valence-corrected chi connectivity index (χ3v) is 5.00. The third kappa shape index (κ3) is 5.18. The Kier molecular flexibility index (Phi) is 5.94. The molecule has 0 radical (unpaired) electrons. The van der Waals surface area contributed by atoms with Gasteiger partial charge in [-0.25, -0.2) is 4.39 Å². The Bertz CT molecular complexity index is 765. The number of amides is 1. The summed E-state index contributed by atoms with van der Waals surface area (Å²) in [6.45, 7) is 1.20. The number of benzene rings is 2. The van der Waals surface area contributed by atoms with Crippen LogP contribution in [-0.2, 0) is 17.9 Å². The second kappa shape index (κ2) is 8.17. The predicted octanol–water partition coefficient (Wildman–Crippen LogP) is 3.00. The van der Waals surface area contributed by atoms with E-state index >= 15 is 0 Å². The minimum Gasteiger partial charge on any atom is -0.347 e. The van der Waals surface area contributed by atoms with Gasteiger partial charge in [0, 0.05) is 35.0 Å². The molecule has 1 saturated carbocycles. The summed E-state index contributed by atoms with van der Waals surface area (Å²) in [5, 5.41) is 3.99. The van der Waals surface area contributed by atoms with Gasteiger partial charge in [-0.3, -0.25) is 4.79 Å². The molecule has 3 rings (SSSR count). The lowest BCUT2D eigenvalue weighted by Crippen LogP contribution is -3.13. The van der Waals surface area contributed by atoms with Crippen molar-refractivity contribution in [1.29, 1.82) is 0 Å². The largest absolute Gasteiger partial charge is 0.347 e. The minimum absolute atomic E-state index is 0.0655. The van der Waals surface area contributed by atoms with E-state index in [4.69, 9.17) is 23.2 Å². The third-order valence-electron chi connectivity index (χ3n) is 4.41. The number of hydrogen-bond acceptors (Lipinski definition) is 1. The molecule has 0 aliphatic heterocycles. The maximum atomic E-state index is 13.9. The molecule has 1 amide bonds. The minimum atomic E-state index is -0.214. The molecule has 6 heteroatoms. The number of carbonyl (C=O) groups excluding carboxylic acids is 1. The van der Waals surface area contributed by atoms with Crippen molar-refractivity contribution in [2.24, 2.45) is 0 Å². The summed E-state index contributed by atoms with van der Waals surface area (Å²) in [6, 6.07) is 12.4. The van der Waals surface area contributed by atoms with E-state index in [1.54, 1.807) is 30.3 Å². The smallest absolute Gasteiger partial charge is 0.275 e. The summed E-state index contributed by atoms with van der Waals surface area (Å²) in [5.74, 6) is -0.279. The Labute approximate surface area is 156 Å². The molecule has 132 valence electrons. The molecule has 0 bridgehead atoms. The molecule has 2 N–H and O–H groups in total. The highest BCUT2D eigenvalue weighted by Crippen LogP contribution is 2.20. The Balaban J connectivity index is 1.57. The highest BCUT2D eigenvalue weighted by molar-refractivity contribution is 6.35. The topological polar surface area (TPSA) is 33.5 Å². The summed E-state index contributed by atoms with van der Waals surface area (Å²) in [4.78, 5) is 13.4. The van der Waals surface area contributed by atoms with Gasteiger partial charge in [0.05, 0.1) is 6.04 Å². The molecule has 1 aliphatic rings. The maximum absolute atomic E-state index is 13.9. The van der Waals surface area contributed by atoms with Crippen molar-refractivity contribution in [1.82, 2.24) is 5.32 Å². The summed E-state index contributed by atoms with van der Waals surface area (Å²) in [6.07, 6.45) is 2.17. The van der Waals surface area contributed by atoms with E-state index in [9.17, 15) is 9.18 Å². The Morgan fingerprint density at radius 1 is 1.16 bits per heavy atom. The van der Waals surface area contributed by atoms with Crippen LogP contribution in [0.1, 0.15) is 24.0 Å². The number of quaternary nitrogens is 1. The molecule has 0 aromatic heterocycles. The van der Waals surface area contributed by atoms with E-state index in [0.29, 0.717) is 41.3 Å². The average Bonchev–Trinajstić information content (AvgIpc) is 3.40. The Morgan fingerprint density at radius 3 is 2.60 bits per heavy atom. The predicted molar refractivity (Wildman–Crippen MR) is 97.3 cm³/mol. The molecule has 3 nitrogen and oxygen atoms in total. The fraction of sp³-hybridized carbons (Fsp3) is 0.316. The van der Waals surface area contributed by atoms with Crippen LogP contribution >= 0.6 is 23.2 Å². The number of halogens is 3. The van der Waals surface area contributed by atoms with E-state index in [-0.39, 0.29) is 11.7 Å². The second-order valence-electron chi connectivity index (χ2n) is 6.39. The first-order chi connectivity index (χ1) is 12.0. The van der Waals surface area contributed by atoms with E-state index in [1.165, 1.54) is 6.07 Å². The lowest BCUT2D eigenvalue weighted by molar-refractivity contribution is -0.917. The van der Waals surface area contributed by atoms with E-state index in [1.807, 2.05) is 6.07 Å². The van der Waals surface area contributed by atoms with Crippen LogP contribution in [0, 0.1) is 5.82 Å². The first kappa shape index (κ1) is 18.2. The van der Waals surface area contributed by atoms with Gasteiger partial charge in [0.2, 0.25) is 0 Å². The van der Waals surface area contributed by atoms with Crippen molar-refractivity contribution >= 4 is 29.1 Å². The molecule has 2 aromatic rings. The van der Waals surface area contributed by atoms with Gasteiger partial charge in [-0.2, -0.15) is 0 Å². The summed E-state index contributed by atoms with van der Waals surface area (Å²) in [7, 11) is 0. The van der Waals surface area contributed by atoms with E-state index in [0.717, 1.165) is 23.3 Å². The van der Waals surface area contributed by atoms with Crippen LogP contribution in [0.3, 0.4) is 0 Å².